The summed E-state index contributed by atoms with van der Waals surface area (Å²) in [4.78, 5) is 17.4. The van der Waals surface area contributed by atoms with Crippen molar-refractivity contribution in [2.45, 2.75) is 26.8 Å². The number of hydrogen-bond donors (Lipinski definition) is 3. The van der Waals surface area contributed by atoms with Gasteiger partial charge in [0.15, 0.2) is 5.11 Å². The number of aromatic nitrogens is 1. The van der Waals surface area contributed by atoms with E-state index in [1.54, 1.807) is 7.11 Å². The van der Waals surface area contributed by atoms with Gasteiger partial charge in [-0.05, 0) is 55.6 Å². The van der Waals surface area contributed by atoms with Gasteiger partial charge in [-0.25, -0.2) is 0 Å². The van der Waals surface area contributed by atoms with Crippen LogP contribution in [0.5, 0.6) is 0 Å². The Morgan fingerprint density at radius 2 is 2.12 bits per heavy atom. The average Bonchev–Trinajstić information content (AvgIpc) is 2.59. The lowest BCUT2D eigenvalue weighted by Crippen LogP contribution is -2.42. The molecule has 1 aromatic carbocycles. The van der Waals surface area contributed by atoms with Gasteiger partial charge in [0.2, 0.25) is 0 Å². The Labute approximate surface area is 159 Å². The zero-order valence-corrected chi connectivity index (χ0v) is 16.4. The molecule has 1 heterocycles. The van der Waals surface area contributed by atoms with E-state index in [0.29, 0.717) is 43.3 Å². The van der Waals surface area contributed by atoms with Crippen LogP contribution in [0.2, 0.25) is 0 Å². The fraction of sp³-hybridized carbons (Fsp3) is 0.474. The predicted molar refractivity (Wildman–Crippen MR) is 109 cm³/mol. The highest BCUT2D eigenvalue weighted by molar-refractivity contribution is 7.80. The third-order valence-corrected chi connectivity index (χ3v) is 4.59. The summed E-state index contributed by atoms with van der Waals surface area (Å²) in [5, 5.41) is 13.8. The van der Waals surface area contributed by atoms with Gasteiger partial charge in [0.05, 0.1) is 18.7 Å². The third kappa shape index (κ3) is 5.27. The van der Waals surface area contributed by atoms with Crippen LogP contribution in [-0.2, 0) is 11.3 Å². The molecule has 1 aromatic heterocycles. The Morgan fingerprint density at radius 3 is 2.81 bits per heavy atom. The van der Waals surface area contributed by atoms with Crippen LogP contribution in [-0.4, -0.2) is 53.5 Å². The summed E-state index contributed by atoms with van der Waals surface area (Å²) in [7, 11) is 1.63. The highest BCUT2D eigenvalue weighted by Crippen LogP contribution is 2.18. The maximum Gasteiger partial charge on any atom is 0.253 e. The Hall–Kier alpha value is -1.96. The second-order valence-corrected chi connectivity index (χ2v) is 6.78. The Balaban J connectivity index is 2.27. The fourth-order valence-corrected chi connectivity index (χ4v) is 3.20. The van der Waals surface area contributed by atoms with Crippen molar-refractivity contribution in [2.75, 3.05) is 33.4 Å². The largest absolute Gasteiger partial charge is 0.396 e. The van der Waals surface area contributed by atoms with Gasteiger partial charge in [0, 0.05) is 32.4 Å². The number of ether oxygens (including phenoxy) is 1. The normalized spacial score (nSPS) is 10.9. The van der Waals surface area contributed by atoms with E-state index in [0.717, 1.165) is 22.0 Å². The number of hydrogen-bond acceptors (Lipinski definition) is 4. The molecule has 0 amide bonds. The van der Waals surface area contributed by atoms with E-state index in [2.05, 4.69) is 22.4 Å². The Kier molecular flexibility index (Phi) is 7.56. The van der Waals surface area contributed by atoms with Gasteiger partial charge < -0.3 is 25.0 Å². The molecule has 0 spiro atoms. The molecule has 0 saturated heterocycles. The molecule has 142 valence electrons. The first kappa shape index (κ1) is 20.4. The number of aryl methyl sites for hydroxylation is 2. The molecule has 7 heteroatoms. The summed E-state index contributed by atoms with van der Waals surface area (Å²) in [6, 6.07) is 6.05. The predicted octanol–water partition coefficient (Wildman–Crippen LogP) is 1.85. The van der Waals surface area contributed by atoms with Crippen LogP contribution >= 0.6 is 12.2 Å². The maximum atomic E-state index is 12.5. The Bertz CT molecular complexity index is 820. The van der Waals surface area contributed by atoms with Gasteiger partial charge in [0.1, 0.15) is 0 Å². The number of thiocarbonyl (C=S) groups is 1. The van der Waals surface area contributed by atoms with Gasteiger partial charge in [0.25, 0.3) is 5.56 Å². The van der Waals surface area contributed by atoms with Crippen molar-refractivity contribution < 1.29 is 9.84 Å². The molecule has 2 rings (SSSR count). The van der Waals surface area contributed by atoms with E-state index < -0.39 is 0 Å². The number of fused-ring (bicyclic) bond motifs is 1. The molecule has 3 N–H and O–H groups in total. The molecule has 0 atom stereocenters. The van der Waals surface area contributed by atoms with Crippen LogP contribution in [0.3, 0.4) is 0 Å². The molecule has 6 nitrogen and oxygen atoms in total. The summed E-state index contributed by atoms with van der Waals surface area (Å²) in [5.74, 6) is 0. The van der Waals surface area contributed by atoms with E-state index in [1.807, 2.05) is 24.8 Å². The van der Waals surface area contributed by atoms with Crippen molar-refractivity contribution in [2.24, 2.45) is 0 Å². The van der Waals surface area contributed by atoms with Crippen LogP contribution < -0.4 is 10.9 Å². The molecule has 0 saturated carbocycles. The van der Waals surface area contributed by atoms with Gasteiger partial charge in [-0.3, -0.25) is 4.79 Å². The number of methoxy groups -OCH3 is 1. The molecule has 0 radical (unpaired) electrons. The summed E-state index contributed by atoms with van der Waals surface area (Å²) in [6.45, 7) is 6.20. The highest BCUT2D eigenvalue weighted by Gasteiger charge is 2.13. The van der Waals surface area contributed by atoms with E-state index in [4.69, 9.17) is 22.1 Å². The lowest BCUT2D eigenvalue weighted by molar-refractivity contribution is 0.202. The number of aliphatic hydroxyl groups excluding tert-OH is 1. The van der Waals surface area contributed by atoms with Crippen LogP contribution in [0.1, 0.15) is 23.1 Å². The van der Waals surface area contributed by atoms with Crippen LogP contribution in [0.25, 0.3) is 10.9 Å². The van der Waals surface area contributed by atoms with Crippen molar-refractivity contribution in [1.82, 2.24) is 15.2 Å². The van der Waals surface area contributed by atoms with Crippen molar-refractivity contribution in [1.29, 1.82) is 0 Å². The smallest absolute Gasteiger partial charge is 0.253 e. The number of rotatable bonds is 8. The molecule has 0 fully saturated rings. The molecule has 26 heavy (non-hydrogen) atoms. The van der Waals surface area contributed by atoms with E-state index >= 15 is 0 Å². The van der Waals surface area contributed by atoms with Crippen LogP contribution in [0.15, 0.2) is 23.0 Å². The summed E-state index contributed by atoms with van der Waals surface area (Å²) in [6.07, 6.45) is 0.579. The molecule has 0 aliphatic heterocycles. The number of aromatic amines is 1. The quantitative estimate of drug-likeness (QED) is 0.481. The third-order valence-electron chi connectivity index (χ3n) is 4.19. The number of nitrogens with zero attached hydrogens (tertiary/aromatic N) is 1. The SMILES string of the molecule is COCCNC(=S)N(CCCO)Cc1cc2cc(C)cc(C)c2[nH]c1=O. The zero-order chi connectivity index (χ0) is 19.1. The number of H-pyrrole nitrogens is 1. The zero-order valence-electron chi connectivity index (χ0n) is 15.6. The number of nitrogens with one attached hydrogen (secondary N) is 2. The monoisotopic (exact) mass is 377 g/mol. The molecule has 0 aliphatic rings. The van der Waals surface area contributed by atoms with Gasteiger partial charge in [-0.15, -0.1) is 0 Å². The first-order valence-electron chi connectivity index (χ1n) is 8.72. The number of benzene rings is 1. The summed E-state index contributed by atoms with van der Waals surface area (Å²) < 4.78 is 5.03. The van der Waals surface area contributed by atoms with Gasteiger partial charge >= 0.3 is 0 Å². The topological polar surface area (TPSA) is 77.6 Å². The van der Waals surface area contributed by atoms with E-state index in [1.165, 1.54) is 0 Å². The standard InChI is InChI=1S/C19H27N3O3S/c1-13-9-14(2)17-15(10-13)11-16(18(24)21-17)12-22(6-4-7-23)19(26)20-5-8-25-3/h9-11,23H,4-8,12H2,1-3H3,(H,20,26)(H,21,24). The molecular weight excluding hydrogens is 350 g/mol. The molecule has 0 aliphatic carbocycles. The molecule has 2 aromatic rings. The number of aliphatic hydroxyl groups is 1. The van der Waals surface area contributed by atoms with E-state index in [9.17, 15) is 4.79 Å². The van der Waals surface area contributed by atoms with E-state index in [-0.39, 0.29) is 12.2 Å². The maximum absolute atomic E-state index is 12.5. The fourth-order valence-electron chi connectivity index (χ4n) is 2.94. The van der Waals surface area contributed by atoms with Crippen molar-refractivity contribution in [3.8, 4) is 0 Å². The lowest BCUT2D eigenvalue weighted by atomic mass is 10.1. The molecule has 0 bridgehead atoms. The van der Waals surface area contributed by atoms with Crippen molar-refractivity contribution in [3.05, 3.63) is 45.2 Å². The second-order valence-electron chi connectivity index (χ2n) is 6.39. The highest BCUT2D eigenvalue weighted by atomic mass is 32.1. The number of pyridine rings is 1. The van der Waals surface area contributed by atoms with Crippen LogP contribution in [0.4, 0.5) is 0 Å². The summed E-state index contributed by atoms with van der Waals surface area (Å²) >= 11 is 5.45. The minimum atomic E-state index is -0.113. The first-order chi connectivity index (χ1) is 12.5. The lowest BCUT2D eigenvalue weighted by Gasteiger charge is -2.25. The molecular formula is C19H27N3O3S. The minimum Gasteiger partial charge on any atom is -0.396 e. The first-order valence-corrected chi connectivity index (χ1v) is 9.12. The Morgan fingerprint density at radius 1 is 1.35 bits per heavy atom. The molecule has 0 unspecified atom stereocenters. The van der Waals surface area contributed by atoms with Crippen LogP contribution in [0, 0.1) is 13.8 Å². The summed E-state index contributed by atoms with van der Waals surface area (Å²) in [5.41, 5.74) is 3.61. The van der Waals surface area contributed by atoms with Crippen molar-refractivity contribution >= 4 is 28.2 Å². The second kappa shape index (κ2) is 9.66. The minimum absolute atomic E-state index is 0.0731. The average molecular weight is 378 g/mol. The van der Waals surface area contributed by atoms with Crippen molar-refractivity contribution in [3.63, 3.8) is 0 Å². The van der Waals surface area contributed by atoms with Gasteiger partial charge in [-0.2, -0.15) is 0 Å². The van der Waals surface area contributed by atoms with Gasteiger partial charge in [-0.1, -0.05) is 11.6 Å².